The van der Waals surface area contributed by atoms with Crippen LogP contribution in [0.2, 0.25) is 0 Å². The van der Waals surface area contributed by atoms with E-state index in [2.05, 4.69) is 37.7 Å². The molecule has 42 heavy (non-hydrogen) atoms. The number of nitriles is 1. The van der Waals surface area contributed by atoms with Crippen molar-refractivity contribution in [2.24, 2.45) is 5.73 Å². The molecule has 3 atom stereocenters. The van der Waals surface area contributed by atoms with Crippen molar-refractivity contribution in [2.45, 2.75) is 44.4 Å². The fraction of sp³-hybridized carbons (Fsp3) is 0.533. The highest BCUT2D eigenvalue weighted by atomic mass is 19.3. The van der Waals surface area contributed by atoms with Gasteiger partial charge in [0.25, 0.3) is 5.92 Å². The Morgan fingerprint density at radius 1 is 1.07 bits per heavy atom. The average Bonchev–Trinajstić information content (AvgIpc) is 2.97. The molecule has 2 N–H and O–H groups in total. The maximum Gasteiger partial charge on any atom is 0.280 e. The van der Waals surface area contributed by atoms with Gasteiger partial charge in [-0.05, 0) is 44.5 Å². The van der Waals surface area contributed by atoms with Crippen LogP contribution in [0.4, 0.5) is 26.2 Å². The lowest BCUT2D eigenvalue weighted by molar-refractivity contribution is -0.0328. The molecule has 3 aliphatic heterocycles. The topological polar surface area (TPSA) is 111 Å². The van der Waals surface area contributed by atoms with Crippen molar-refractivity contribution < 1.29 is 13.5 Å². The highest BCUT2D eigenvalue weighted by Crippen LogP contribution is 2.31. The van der Waals surface area contributed by atoms with Crippen LogP contribution in [0.5, 0.6) is 0 Å². The van der Waals surface area contributed by atoms with Crippen LogP contribution in [0.1, 0.15) is 24.6 Å². The maximum atomic E-state index is 14.3. The summed E-state index contributed by atoms with van der Waals surface area (Å²) < 4.78 is 35.0. The summed E-state index contributed by atoms with van der Waals surface area (Å²) in [7, 11) is 0. The Bertz CT molecular complexity index is 1470. The molecule has 3 aromatic rings. The summed E-state index contributed by atoms with van der Waals surface area (Å²) in [6.07, 6.45) is 2.02. The first-order chi connectivity index (χ1) is 20.2. The zero-order chi connectivity index (χ0) is 29.4. The Labute approximate surface area is 244 Å². The first kappa shape index (κ1) is 28.5. The summed E-state index contributed by atoms with van der Waals surface area (Å²) in [6, 6.07) is 10.9. The Morgan fingerprint density at radius 2 is 1.88 bits per heavy atom. The maximum absolute atomic E-state index is 14.3. The predicted octanol–water partition coefficient (Wildman–Crippen LogP) is 2.79. The van der Waals surface area contributed by atoms with Crippen molar-refractivity contribution in [3.8, 4) is 6.07 Å². The normalized spacial score (nSPS) is 25.0. The monoisotopic (exact) mass is 577 g/mol. The number of alkyl halides is 2. The molecule has 5 heterocycles. The molecular weight excluding hydrogens is 540 g/mol. The zero-order valence-electron chi connectivity index (χ0n) is 24.1. The van der Waals surface area contributed by atoms with E-state index >= 15 is 0 Å². The summed E-state index contributed by atoms with van der Waals surface area (Å²) in [5.41, 5.74) is 8.77. The van der Waals surface area contributed by atoms with E-state index in [1.165, 1.54) is 0 Å². The van der Waals surface area contributed by atoms with Crippen LogP contribution in [-0.2, 0) is 4.74 Å². The molecule has 0 spiro atoms. The molecule has 3 aliphatic rings. The van der Waals surface area contributed by atoms with E-state index in [1.54, 1.807) is 11.1 Å². The average molecular weight is 578 g/mol. The number of fused-ring (bicyclic) bond motifs is 1. The number of piperidine rings is 1. The number of morpholine rings is 1. The lowest BCUT2D eigenvalue weighted by Gasteiger charge is -2.42. The number of halogens is 2. The molecule has 0 radical (unpaired) electrons. The Kier molecular flexibility index (Phi) is 7.83. The van der Waals surface area contributed by atoms with Crippen LogP contribution >= 0.6 is 0 Å². The van der Waals surface area contributed by atoms with E-state index in [-0.39, 0.29) is 18.6 Å². The molecule has 6 rings (SSSR count). The smallest absolute Gasteiger partial charge is 0.280 e. The minimum absolute atomic E-state index is 0.0303. The van der Waals surface area contributed by atoms with Gasteiger partial charge >= 0.3 is 0 Å². The third kappa shape index (κ3) is 5.82. The molecule has 0 bridgehead atoms. The second-order valence-corrected chi connectivity index (χ2v) is 11.7. The van der Waals surface area contributed by atoms with Crippen molar-refractivity contribution in [1.29, 1.82) is 5.26 Å². The lowest BCUT2D eigenvalue weighted by atomic mass is 10.0. The number of aryl methyl sites for hydroxylation is 1. The van der Waals surface area contributed by atoms with Crippen molar-refractivity contribution in [3.63, 3.8) is 0 Å². The highest BCUT2D eigenvalue weighted by molar-refractivity contribution is 5.95. The first-order valence-corrected chi connectivity index (χ1v) is 14.6. The van der Waals surface area contributed by atoms with Crippen LogP contribution in [0.3, 0.4) is 0 Å². The second-order valence-electron chi connectivity index (χ2n) is 11.7. The minimum atomic E-state index is -2.96. The van der Waals surface area contributed by atoms with Crippen LogP contribution in [-0.4, -0.2) is 103 Å². The molecule has 12 heteroatoms. The quantitative estimate of drug-likeness (QED) is 0.486. The van der Waals surface area contributed by atoms with E-state index in [1.807, 2.05) is 37.3 Å². The summed E-state index contributed by atoms with van der Waals surface area (Å²) in [4.78, 5) is 22.2. The Hall–Kier alpha value is -3.66. The van der Waals surface area contributed by atoms with Gasteiger partial charge < -0.3 is 25.2 Å². The number of nitrogens with zero attached hydrogens (tertiary/aromatic N) is 8. The fourth-order valence-electron chi connectivity index (χ4n) is 6.28. The van der Waals surface area contributed by atoms with Gasteiger partial charge in [0.05, 0.1) is 35.9 Å². The number of ether oxygens (including phenoxy) is 1. The number of nitrogens with two attached hydrogens (primary N) is 1. The number of anilines is 3. The largest absolute Gasteiger partial charge is 0.370 e. The molecule has 0 saturated carbocycles. The molecule has 3 fully saturated rings. The molecule has 2 aromatic heterocycles. The van der Waals surface area contributed by atoms with Crippen molar-refractivity contribution >= 4 is 28.4 Å². The Morgan fingerprint density at radius 3 is 2.64 bits per heavy atom. The third-order valence-corrected chi connectivity index (χ3v) is 8.46. The standard InChI is InChI=1S/C30H37F2N9O/c1-20-14-27(37-29(36-20)40-9-7-26(34)30(31,32)19-40)39-12-10-38(11-13-39)17-23-18-41(16-21(2)42-23)25-6-5-22(15-33)28-24(25)4-3-8-35-28/h3-6,8,14,21,23,26H,7,9-13,16-19,34H2,1-2H3/t21-,23+,26?/m1/s1. The van der Waals surface area contributed by atoms with E-state index in [0.29, 0.717) is 18.1 Å². The van der Waals surface area contributed by atoms with Crippen LogP contribution in [0, 0.1) is 18.3 Å². The summed E-state index contributed by atoms with van der Waals surface area (Å²) >= 11 is 0. The van der Waals surface area contributed by atoms with Crippen LogP contribution in [0.15, 0.2) is 36.5 Å². The number of hydrogen-bond donors (Lipinski definition) is 1. The van der Waals surface area contributed by atoms with Crippen molar-refractivity contribution in [3.05, 3.63) is 47.8 Å². The molecular formula is C30H37F2N9O. The summed E-state index contributed by atoms with van der Waals surface area (Å²) in [5, 5.41) is 10.5. The number of pyridine rings is 1. The lowest BCUT2D eigenvalue weighted by Crippen LogP contribution is -2.56. The first-order valence-electron chi connectivity index (χ1n) is 14.6. The Balaban J connectivity index is 1.10. The third-order valence-electron chi connectivity index (χ3n) is 8.46. The van der Waals surface area contributed by atoms with E-state index in [9.17, 15) is 14.0 Å². The summed E-state index contributed by atoms with van der Waals surface area (Å²) in [6.45, 7) is 9.47. The molecule has 222 valence electrons. The number of aromatic nitrogens is 3. The highest BCUT2D eigenvalue weighted by Gasteiger charge is 2.43. The second kappa shape index (κ2) is 11.6. The molecule has 10 nitrogen and oxygen atoms in total. The van der Waals surface area contributed by atoms with Gasteiger partial charge in [-0.3, -0.25) is 9.88 Å². The van der Waals surface area contributed by atoms with Crippen molar-refractivity contribution in [1.82, 2.24) is 19.9 Å². The van der Waals surface area contributed by atoms with Gasteiger partial charge in [-0.25, -0.2) is 13.8 Å². The SMILES string of the molecule is Cc1cc(N2CCN(C[C@H]3CN(c4ccc(C#N)c5ncccc45)C[C@@H](C)O3)CC2)nc(N2CCC(N)C(F)(F)C2)n1. The van der Waals surface area contributed by atoms with Crippen molar-refractivity contribution in [2.75, 3.05) is 73.6 Å². The van der Waals surface area contributed by atoms with Gasteiger partial charge in [0.1, 0.15) is 11.9 Å². The summed E-state index contributed by atoms with van der Waals surface area (Å²) in [5.74, 6) is -1.85. The van der Waals surface area contributed by atoms with Crippen LogP contribution < -0.4 is 20.4 Å². The van der Waals surface area contributed by atoms with Gasteiger partial charge in [0.2, 0.25) is 5.95 Å². The van der Waals surface area contributed by atoms with Gasteiger partial charge in [0, 0.05) is 81.4 Å². The van der Waals surface area contributed by atoms with Gasteiger partial charge in [0.15, 0.2) is 0 Å². The molecule has 3 saturated heterocycles. The zero-order valence-corrected chi connectivity index (χ0v) is 24.1. The van der Waals surface area contributed by atoms with Gasteiger partial charge in [-0.1, -0.05) is 0 Å². The van der Waals surface area contributed by atoms with E-state index < -0.39 is 18.5 Å². The number of rotatable bonds is 5. The predicted molar refractivity (Wildman–Crippen MR) is 158 cm³/mol. The van der Waals surface area contributed by atoms with E-state index in [0.717, 1.165) is 73.9 Å². The number of piperazine rings is 1. The number of hydrogen-bond acceptors (Lipinski definition) is 10. The van der Waals surface area contributed by atoms with Gasteiger partial charge in [-0.15, -0.1) is 0 Å². The molecule has 0 amide bonds. The molecule has 1 unspecified atom stereocenters. The molecule has 0 aliphatic carbocycles. The van der Waals surface area contributed by atoms with Gasteiger partial charge in [-0.2, -0.15) is 10.2 Å². The number of benzene rings is 1. The fourth-order valence-corrected chi connectivity index (χ4v) is 6.28. The van der Waals surface area contributed by atoms with Crippen LogP contribution in [0.25, 0.3) is 10.9 Å². The minimum Gasteiger partial charge on any atom is -0.370 e. The molecule has 1 aromatic carbocycles. The van der Waals surface area contributed by atoms with E-state index in [4.69, 9.17) is 15.5 Å².